The van der Waals surface area contributed by atoms with Crippen LogP contribution in [0.15, 0.2) is 27.4 Å². The fraction of sp³-hybridized carbons (Fsp3) is 0.333. The molecule has 0 unspecified atom stereocenters. The van der Waals surface area contributed by atoms with Crippen LogP contribution in [0.25, 0.3) is 11.5 Å². The van der Waals surface area contributed by atoms with Gasteiger partial charge < -0.3 is 4.42 Å². The topological polar surface area (TPSA) is 50.9 Å². The molecule has 1 aliphatic carbocycles. The summed E-state index contributed by atoms with van der Waals surface area (Å²) in [4.78, 5) is 14.6. The first kappa shape index (κ1) is 10.5. The Kier molecular flexibility index (Phi) is 2.29. The second-order valence-corrected chi connectivity index (χ2v) is 4.78. The van der Waals surface area contributed by atoms with Crippen LogP contribution in [0.4, 0.5) is 0 Å². The number of nitrogens with zero attached hydrogens (tertiary/aromatic N) is 1. The van der Waals surface area contributed by atoms with Gasteiger partial charge in [0.15, 0.2) is 5.76 Å². The van der Waals surface area contributed by atoms with Crippen molar-refractivity contribution in [1.29, 1.82) is 0 Å². The largest absolute Gasteiger partial charge is 0.460 e. The number of H-pyrrole nitrogens is 1. The van der Waals surface area contributed by atoms with Crippen molar-refractivity contribution in [3.63, 3.8) is 0 Å². The number of aromatic nitrogens is 2. The minimum Gasteiger partial charge on any atom is -0.460 e. The molecule has 17 heavy (non-hydrogen) atoms. The van der Waals surface area contributed by atoms with Gasteiger partial charge in [-0.05, 0) is 31.9 Å². The van der Waals surface area contributed by atoms with Gasteiger partial charge in [-0.3, -0.25) is 9.55 Å². The first-order chi connectivity index (χ1) is 8.15. The summed E-state index contributed by atoms with van der Waals surface area (Å²) in [6, 6.07) is 5.83. The van der Waals surface area contributed by atoms with E-state index in [-0.39, 0.29) is 11.7 Å². The van der Waals surface area contributed by atoms with E-state index in [1.54, 1.807) is 10.6 Å². The highest BCUT2D eigenvalue weighted by molar-refractivity contribution is 7.71. The third kappa shape index (κ3) is 1.86. The van der Waals surface area contributed by atoms with Crippen molar-refractivity contribution in [3.8, 4) is 11.5 Å². The molecule has 2 heterocycles. The highest BCUT2D eigenvalue weighted by Crippen LogP contribution is 2.37. The molecule has 1 saturated carbocycles. The minimum absolute atomic E-state index is 0.149. The van der Waals surface area contributed by atoms with Gasteiger partial charge in [-0.1, -0.05) is 12.2 Å². The van der Waals surface area contributed by atoms with Gasteiger partial charge in [0.05, 0.1) is 5.69 Å². The summed E-state index contributed by atoms with van der Waals surface area (Å²) in [5.41, 5.74) is 0.624. The van der Waals surface area contributed by atoms with Crippen molar-refractivity contribution in [1.82, 2.24) is 9.55 Å². The van der Waals surface area contributed by atoms with E-state index < -0.39 is 0 Å². The fourth-order valence-corrected chi connectivity index (χ4v) is 2.16. The molecule has 0 spiro atoms. The minimum atomic E-state index is -0.149. The Hall–Kier alpha value is -1.62. The van der Waals surface area contributed by atoms with Crippen molar-refractivity contribution < 1.29 is 4.42 Å². The van der Waals surface area contributed by atoms with E-state index in [1.165, 1.54) is 0 Å². The zero-order valence-corrected chi connectivity index (χ0v) is 10.2. The van der Waals surface area contributed by atoms with E-state index in [0.717, 1.165) is 24.3 Å². The summed E-state index contributed by atoms with van der Waals surface area (Å²) in [5.74, 6) is 1.53. The molecule has 0 aromatic carbocycles. The lowest BCUT2D eigenvalue weighted by Crippen LogP contribution is -2.23. The molecule has 1 N–H and O–H groups in total. The average Bonchev–Trinajstić information content (AvgIpc) is 2.99. The van der Waals surface area contributed by atoms with Crippen LogP contribution in [0.1, 0.15) is 24.6 Å². The van der Waals surface area contributed by atoms with E-state index in [2.05, 4.69) is 4.98 Å². The van der Waals surface area contributed by atoms with E-state index in [4.69, 9.17) is 16.6 Å². The van der Waals surface area contributed by atoms with E-state index in [1.807, 2.05) is 19.1 Å². The summed E-state index contributed by atoms with van der Waals surface area (Å²) < 4.78 is 7.76. The van der Waals surface area contributed by atoms with Gasteiger partial charge in [0, 0.05) is 12.1 Å². The third-order valence-corrected chi connectivity index (χ3v) is 3.10. The smallest absolute Gasteiger partial charge is 0.327 e. The lowest BCUT2D eigenvalue weighted by Gasteiger charge is -2.08. The Balaban J connectivity index is 2.27. The maximum atomic E-state index is 11.9. The molecule has 1 aliphatic rings. The lowest BCUT2D eigenvalue weighted by atomic mass is 10.3. The monoisotopic (exact) mass is 248 g/mol. The van der Waals surface area contributed by atoms with Crippen molar-refractivity contribution in [2.75, 3.05) is 0 Å². The fourth-order valence-electron chi connectivity index (χ4n) is 1.96. The zero-order chi connectivity index (χ0) is 12.0. The molecule has 88 valence electrons. The van der Waals surface area contributed by atoms with Crippen molar-refractivity contribution in [2.45, 2.75) is 25.8 Å². The lowest BCUT2D eigenvalue weighted by molar-refractivity contribution is 0.537. The number of furan rings is 1. The molecular formula is C12H12N2O2S. The van der Waals surface area contributed by atoms with Crippen LogP contribution in [0.3, 0.4) is 0 Å². The van der Waals surface area contributed by atoms with Crippen LogP contribution in [0.2, 0.25) is 0 Å². The predicted octanol–water partition coefficient (Wildman–Crippen LogP) is 2.81. The van der Waals surface area contributed by atoms with E-state index in [9.17, 15) is 4.79 Å². The first-order valence-corrected chi connectivity index (χ1v) is 5.98. The standard InChI is InChI=1S/C12H12N2O2S/c1-7-2-5-10(16-7)9-6-11(17)13-12(15)14(9)8-3-4-8/h2,5-6,8H,3-4H2,1H3,(H,13,15,17). The summed E-state index contributed by atoms with van der Waals surface area (Å²) >= 11 is 5.05. The van der Waals surface area contributed by atoms with Crippen molar-refractivity contribution in [3.05, 3.63) is 39.1 Å². The summed E-state index contributed by atoms with van der Waals surface area (Å²) in [6.45, 7) is 1.88. The molecule has 0 amide bonds. The molecule has 1 fully saturated rings. The second-order valence-electron chi connectivity index (χ2n) is 4.34. The Morgan fingerprint density at radius 1 is 1.47 bits per heavy atom. The van der Waals surface area contributed by atoms with Crippen molar-refractivity contribution >= 4 is 12.2 Å². The molecule has 2 aromatic heterocycles. The Labute approximate surface area is 103 Å². The summed E-state index contributed by atoms with van der Waals surface area (Å²) in [5, 5.41) is 0. The Morgan fingerprint density at radius 3 is 2.82 bits per heavy atom. The number of hydrogen-bond donors (Lipinski definition) is 1. The van der Waals surface area contributed by atoms with Gasteiger partial charge in [0.25, 0.3) is 0 Å². The van der Waals surface area contributed by atoms with Crippen LogP contribution >= 0.6 is 12.2 Å². The molecule has 0 radical (unpaired) electrons. The molecule has 0 atom stereocenters. The summed E-state index contributed by atoms with van der Waals surface area (Å²) in [6.07, 6.45) is 2.08. The van der Waals surface area contributed by atoms with Crippen LogP contribution in [-0.4, -0.2) is 9.55 Å². The number of rotatable bonds is 2. The molecule has 5 heteroatoms. The van der Waals surface area contributed by atoms with Gasteiger partial charge >= 0.3 is 5.69 Å². The van der Waals surface area contributed by atoms with Gasteiger partial charge in [-0.25, -0.2) is 4.79 Å². The van der Waals surface area contributed by atoms with E-state index >= 15 is 0 Å². The Bertz CT molecular complexity index is 676. The van der Waals surface area contributed by atoms with Crippen molar-refractivity contribution in [2.24, 2.45) is 0 Å². The molecule has 4 nitrogen and oxygen atoms in total. The highest BCUT2D eigenvalue weighted by atomic mass is 32.1. The number of aromatic amines is 1. The molecule has 0 bridgehead atoms. The molecule has 0 aliphatic heterocycles. The second kappa shape index (κ2) is 3.70. The SMILES string of the molecule is Cc1ccc(-c2cc(=S)[nH]c(=O)n2C2CC2)o1. The Morgan fingerprint density at radius 2 is 2.24 bits per heavy atom. The van der Waals surface area contributed by atoms with Crippen LogP contribution in [0, 0.1) is 11.6 Å². The third-order valence-electron chi connectivity index (χ3n) is 2.88. The molecule has 2 aromatic rings. The summed E-state index contributed by atoms with van der Waals surface area (Å²) in [7, 11) is 0. The van der Waals surface area contributed by atoms with Gasteiger partial charge in [0.1, 0.15) is 10.4 Å². The maximum absolute atomic E-state index is 11.9. The number of hydrogen-bond acceptors (Lipinski definition) is 3. The zero-order valence-electron chi connectivity index (χ0n) is 9.40. The maximum Gasteiger partial charge on any atom is 0.327 e. The van der Waals surface area contributed by atoms with Crippen LogP contribution < -0.4 is 5.69 Å². The number of nitrogens with one attached hydrogen (secondary N) is 1. The van der Waals surface area contributed by atoms with Gasteiger partial charge in [-0.15, -0.1) is 0 Å². The van der Waals surface area contributed by atoms with E-state index in [0.29, 0.717) is 10.4 Å². The number of aryl methyl sites for hydroxylation is 1. The predicted molar refractivity (Wildman–Crippen MR) is 66.6 cm³/mol. The molecule has 0 saturated heterocycles. The first-order valence-electron chi connectivity index (χ1n) is 5.58. The van der Waals surface area contributed by atoms with Crippen LogP contribution in [0.5, 0.6) is 0 Å². The van der Waals surface area contributed by atoms with Gasteiger partial charge in [-0.2, -0.15) is 0 Å². The molecule has 3 rings (SSSR count). The van der Waals surface area contributed by atoms with Gasteiger partial charge in [0.2, 0.25) is 0 Å². The quantitative estimate of drug-likeness (QED) is 0.831. The highest BCUT2D eigenvalue weighted by Gasteiger charge is 2.28. The van der Waals surface area contributed by atoms with Crippen LogP contribution in [-0.2, 0) is 0 Å². The normalized spacial score (nSPS) is 15.1. The molecular weight excluding hydrogens is 236 g/mol. The average molecular weight is 248 g/mol.